The van der Waals surface area contributed by atoms with Crippen LogP contribution in [0.4, 0.5) is 5.13 Å². The maximum atomic E-state index is 12.7. The Hall–Kier alpha value is -3.85. The second-order valence-electron chi connectivity index (χ2n) is 6.77. The predicted octanol–water partition coefficient (Wildman–Crippen LogP) is 4.34. The molecule has 0 aliphatic heterocycles. The van der Waals surface area contributed by atoms with Crippen LogP contribution in [0.15, 0.2) is 60.1 Å². The number of anilines is 1. The van der Waals surface area contributed by atoms with Crippen LogP contribution in [0.2, 0.25) is 0 Å². The van der Waals surface area contributed by atoms with E-state index in [4.69, 9.17) is 9.47 Å². The number of nitrogens with one attached hydrogen (secondary N) is 1. The predicted molar refractivity (Wildman–Crippen MR) is 122 cm³/mol. The largest absolute Gasteiger partial charge is 0.496 e. The number of para-hydroxylation sites is 3. The Morgan fingerprint density at radius 2 is 1.81 bits per heavy atom. The average molecular weight is 449 g/mol. The lowest BCUT2D eigenvalue weighted by molar-refractivity contribution is -0.124. The first kappa shape index (κ1) is 21.4. The fourth-order valence-corrected chi connectivity index (χ4v) is 3.78. The number of rotatable bonds is 7. The zero-order valence-electron chi connectivity index (χ0n) is 17.4. The molecule has 1 amide bonds. The van der Waals surface area contributed by atoms with Gasteiger partial charge in [0.25, 0.3) is 5.91 Å². The summed E-state index contributed by atoms with van der Waals surface area (Å²) < 4.78 is 10.8. The molecule has 0 fully saturated rings. The smallest absolute Gasteiger partial charge is 0.359 e. The SMILES string of the molecule is CCC(OC(=O)c1cnc2ccccc2n1)C(=O)Nc1nc(-c2ccccc2OC)cs1. The highest BCUT2D eigenvalue weighted by atomic mass is 32.1. The number of benzene rings is 2. The van der Waals surface area contributed by atoms with Crippen LogP contribution in [-0.4, -0.2) is 40.0 Å². The van der Waals surface area contributed by atoms with E-state index in [9.17, 15) is 9.59 Å². The molecule has 4 aromatic rings. The Balaban J connectivity index is 1.45. The zero-order chi connectivity index (χ0) is 22.5. The van der Waals surface area contributed by atoms with E-state index in [0.717, 1.165) is 5.56 Å². The third-order valence-electron chi connectivity index (χ3n) is 4.69. The van der Waals surface area contributed by atoms with Gasteiger partial charge in [-0.05, 0) is 30.7 Å². The molecule has 2 aromatic carbocycles. The van der Waals surface area contributed by atoms with Crippen molar-refractivity contribution in [1.82, 2.24) is 15.0 Å². The van der Waals surface area contributed by atoms with Gasteiger partial charge in [-0.2, -0.15) is 0 Å². The summed E-state index contributed by atoms with van der Waals surface area (Å²) in [5.74, 6) is -0.484. The monoisotopic (exact) mass is 448 g/mol. The highest BCUT2D eigenvalue weighted by Crippen LogP contribution is 2.32. The van der Waals surface area contributed by atoms with Crippen LogP contribution in [0.3, 0.4) is 0 Å². The molecule has 0 saturated heterocycles. The lowest BCUT2D eigenvalue weighted by Gasteiger charge is -2.14. The third kappa shape index (κ3) is 4.57. The summed E-state index contributed by atoms with van der Waals surface area (Å²) in [5.41, 5.74) is 2.79. The van der Waals surface area contributed by atoms with Crippen LogP contribution in [0.1, 0.15) is 23.8 Å². The van der Waals surface area contributed by atoms with Crippen LogP contribution < -0.4 is 10.1 Å². The molecule has 1 N–H and O–H groups in total. The fraction of sp³-hybridized carbons (Fsp3) is 0.174. The van der Waals surface area contributed by atoms with Crippen LogP contribution >= 0.6 is 11.3 Å². The van der Waals surface area contributed by atoms with E-state index < -0.39 is 18.0 Å². The van der Waals surface area contributed by atoms with Crippen molar-refractivity contribution in [3.63, 3.8) is 0 Å². The first-order valence-corrected chi connectivity index (χ1v) is 10.8. The zero-order valence-corrected chi connectivity index (χ0v) is 18.3. The van der Waals surface area contributed by atoms with Gasteiger partial charge in [-0.1, -0.05) is 31.2 Å². The normalized spacial score (nSPS) is 11.7. The van der Waals surface area contributed by atoms with E-state index in [1.54, 1.807) is 26.2 Å². The van der Waals surface area contributed by atoms with E-state index in [-0.39, 0.29) is 5.69 Å². The molecule has 0 aliphatic rings. The molecular weight excluding hydrogens is 428 g/mol. The minimum absolute atomic E-state index is 0.0441. The maximum absolute atomic E-state index is 12.7. The molecule has 1 atom stereocenters. The van der Waals surface area contributed by atoms with Gasteiger partial charge < -0.3 is 9.47 Å². The topological polar surface area (TPSA) is 103 Å². The van der Waals surface area contributed by atoms with Gasteiger partial charge >= 0.3 is 5.97 Å². The standard InChI is InChI=1S/C23H20N4O4S/c1-3-19(31-22(29)17-12-24-15-9-5-6-10-16(15)25-17)21(28)27-23-26-18(13-32-23)14-8-4-7-11-20(14)30-2/h4-13,19H,3H2,1-2H3,(H,26,27,28). The molecule has 32 heavy (non-hydrogen) atoms. The minimum atomic E-state index is -0.991. The van der Waals surface area contributed by atoms with Crippen molar-refractivity contribution in [2.45, 2.75) is 19.4 Å². The van der Waals surface area contributed by atoms with Gasteiger partial charge in [0.2, 0.25) is 0 Å². The summed E-state index contributed by atoms with van der Waals surface area (Å²) in [6.07, 6.45) is 0.647. The highest BCUT2D eigenvalue weighted by molar-refractivity contribution is 7.14. The Labute approximate surface area is 188 Å². The molecule has 9 heteroatoms. The molecular formula is C23H20N4O4S. The van der Waals surface area contributed by atoms with Crippen molar-refractivity contribution >= 4 is 39.4 Å². The number of carbonyl (C=O) groups is 2. The van der Waals surface area contributed by atoms with E-state index in [1.165, 1.54) is 17.5 Å². The van der Waals surface area contributed by atoms with Crippen molar-refractivity contribution in [2.24, 2.45) is 0 Å². The maximum Gasteiger partial charge on any atom is 0.359 e. The molecule has 162 valence electrons. The number of fused-ring (bicyclic) bond motifs is 1. The van der Waals surface area contributed by atoms with Crippen molar-refractivity contribution in [1.29, 1.82) is 0 Å². The number of carbonyl (C=O) groups excluding carboxylic acids is 2. The van der Waals surface area contributed by atoms with E-state index in [0.29, 0.717) is 34.0 Å². The number of aromatic nitrogens is 3. The van der Waals surface area contributed by atoms with Crippen molar-refractivity contribution in [2.75, 3.05) is 12.4 Å². The van der Waals surface area contributed by atoms with Crippen LogP contribution in [0.5, 0.6) is 5.75 Å². The number of nitrogens with zero attached hydrogens (tertiary/aromatic N) is 3. The molecule has 0 spiro atoms. The second-order valence-corrected chi connectivity index (χ2v) is 7.63. The lowest BCUT2D eigenvalue weighted by Crippen LogP contribution is -2.32. The van der Waals surface area contributed by atoms with Gasteiger partial charge in [-0.25, -0.2) is 14.8 Å². The molecule has 4 rings (SSSR count). The number of methoxy groups -OCH3 is 1. The molecule has 0 saturated carbocycles. The molecule has 2 aromatic heterocycles. The third-order valence-corrected chi connectivity index (χ3v) is 5.45. The summed E-state index contributed by atoms with van der Waals surface area (Å²) in [7, 11) is 1.59. The Morgan fingerprint density at radius 1 is 1.06 bits per heavy atom. The van der Waals surface area contributed by atoms with Gasteiger partial charge in [0.1, 0.15) is 5.75 Å². The molecule has 0 aliphatic carbocycles. The molecule has 0 bridgehead atoms. The van der Waals surface area contributed by atoms with Crippen LogP contribution in [0.25, 0.3) is 22.3 Å². The summed E-state index contributed by atoms with van der Waals surface area (Å²) >= 11 is 1.28. The number of hydrogen-bond donors (Lipinski definition) is 1. The van der Waals surface area contributed by atoms with Crippen LogP contribution in [-0.2, 0) is 9.53 Å². The first-order valence-electron chi connectivity index (χ1n) is 9.91. The van der Waals surface area contributed by atoms with Gasteiger partial charge in [0, 0.05) is 10.9 Å². The van der Waals surface area contributed by atoms with E-state index in [1.807, 2.05) is 41.8 Å². The van der Waals surface area contributed by atoms with Gasteiger partial charge in [-0.3, -0.25) is 15.1 Å². The quantitative estimate of drug-likeness (QED) is 0.420. The van der Waals surface area contributed by atoms with Gasteiger partial charge in [-0.15, -0.1) is 11.3 Å². The Bertz CT molecular complexity index is 1270. The average Bonchev–Trinajstić information content (AvgIpc) is 3.30. The number of ether oxygens (including phenoxy) is 2. The van der Waals surface area contributed by atoms with Crippen molar-refractivity contribution in [3.05, 3.63) is 65.8 Å². The molecule has 2 heterocycles. The second kappa shape index (κ2) is 9.52. The lowest BCUT2D eigenvalue weighted by atomic mass is 10.1. The summed E-state index contributed by atoms with van der Waals surface area (Å²) in [6, 6.07) is 14.7. The number of amides is 1. The number of esters is 1. The van der Waals surface area contributed by atoms with Crippen molar-refractivity contribution < 1.29 is 19.1 Å². The highest BCUT2D eigenvalue weighted by Gasteiger charge is 2.24. The van der Waals surface area contributed by atoms with E-state index >= 15 is 0 Å². The minimum Gasteiger partial charge on any atom is -0.496 e. The first-order chi connectivity index (χ1) is 15.6. The fourth-order valence-electron chi connectivity index (χ4n) is 3.06. The van der Waals surface area contributed by atoms with Gasteiger partial charge in [0.15, 0.2) is 16.9 Å². The Morgan fingerprint density at radius 3 is 2.59 bits per heavy atom. The molecule has 8 nitrogen and oxygen atoms in total. The Kier molecular flexibility index (Phi) is 6.37. The number of hydrogen-bond acceptors (Lipinski definition) is 8. The summed E-state index contributed by atoms with van der Waals surface area (Å²) in [4.78, 5) is 38.2. The molecule has 0 radical (unpaired) electrons. The van der Waals surface area contributed by atoms with Gasteiger partial charge in [0.05, 0.1) is 30.0 Å². The summed E-state index contributed by atoms with van der Waals surface area (Å²) in [5, 5.41) is 4.94. The van der Waals surface area contributed by atoms with Crippen molar-refractivity contribution in [3.8, 4) is 17.0 Å². The van der Waals surface area contributed by atoms with Crippen LogP contribution in [0, 0.1) is 0 Å². The molecule has 1 unspecified atom stereocenters. The van der Waals surface area contributed by atoms with E-state index in [2.05, 4.69) is 20.3 Å². The number of thiazole rings is 1. The summed E-state index contributed by atoms with van der Waals surface area (Å²) in [6.45, 7) is 1.76.